The molecule has 15 heavy (non-hydrogen) atoms. The van der Waals surface area contributed by atoms with Crippen LogP contribution in [0.1, 0.15) is 16.2 Å². The highest BCUT2D eigenvalue weighted by atomic mass is 32.1. The molecule has 0 aliphatic heterocycles. The Hall–Kier alpha value is -1.62. The molecule has 2 heterocycles. The maximum atomic E-state index is 11.5. The standard InChI is InChI=1S/C10H11N3OS/c14-10(8-2-6-15-7-8)13-3-1-9-11-4-5-12-9/h2,4-7H,1,3H2,(H,11,12)(H,13,14). The van der Waals surface area contributed by atoms with Crippen LogP contribution in [0.4, 0.5) is 0 Å². The van der Waals surface area contributed by atoms with Crippen molar-refractivity contribution < 1.29 is 4.79 Å². The summed E-state index contributed by atoms with van der Waals surface area (Å²) in [5, 5.41) is 6.56. The Balaban J connectivity index is 1.77. The van der Waals surface area contributed by atoms with Gasteiger partial charge in [0, 0.05) is 36.3 Å². The smallest absolute Gasteiger partial charge is 0.252 e. The fraction of sp³-hybridized carbons (Fsp3) is 0.200. The first kappa shape index (κ1) is 9.92. The summed E-state index contributed by atoms with van der Waals surface area (Å²) in [6, 6.07) is 1.81. The van der Waals surface area contributed by atoms with Crippen molar-refractivity contribution in [3.63, 3.8) is 0 Å². The van der Waals surface area contributed by atoms with Crippen molar-refractivity contribution in [1.82, 2.24) is 15.3 Å². The van der Waals surface area contributed by atoms with Crippen LogP contribution in [0.2, 0.25) is 0 Å². The average molecular weight is 221 g/mol. The van der Waals surface area contributed by atoms with Crippen LogP contribution in [0.5, 0.6) is 0 Å². The van der Waals surface area contributed by atoms with E-state index in [1.165, 1.54) is 11.3 Å². The lowest BCUT2D eigenvalue weighted by Gasteiger charge is -2.01. The van der Waals surface area contributed by atoms with E-state index in [4.69, 9.17) is 0 Å². The summed E-state index contributed by atoms with van der Waals surface area (Å²) in [6.07, 6.45) is 4.20. The van der Waals surface area contributed by atoms with E-state index in [9.17, 15) is 4.79 Å². The molecule has 5 heteroatoms. The molecule has 0 spiro atoms. The van der Waals surface area contributed by atoms with E-state index in [-0.39, 0.29) is 5.91 Å². The van der Waals surface area contributed by atoms with E-state index in [2.05, 4.69) is 15.3 Å². The van der Waals surface area contributed by atoms with Gasteiger partial charge >= 0.3 is 0 Å². The fourth-order valence-corrected chi connectivity index (χ4v) is 1.86. The fourth-order valence-electron chi connectivity index (χ4n) is 1.22. The van der Waals surface area contributed by atoms with Crippen LogP contribution in [0.25, 0.3) is 0 Å². The quantitative estimate of drug-likeness (QED) is 0.820. The van der Waals surface area contributed by atoms with Gasteiger partial charge in [0.05, 0.1) is 0 Å². The Labute approximate surface area is 91.4 Å². The summed E-state index contributed by atoms with van der Waals surface area (Å²) in [6.45, 7) is 0.599. The van der Waals surface area contributed by atoms with E-state index in [1.807, 2.05) is 16.8 Å². The highest BCUT2D eigenvalue weighted by Crippen LogP contribution is 2.05. The molecule has 2 aromatic heterocycles. The number of hydrogen-bond donors (Lipinski definition) is 2. The second kappa shape index (κ2) is 4.75. The van der Waals surface area contributed by atoms with Crippen LogP contribution < -0.4 is 5.32 Å². The van der Waals surface area contributed by atoms with Crippen LogP contribution in [-0.2, 0) is 6.42 Å². The number of H-pyrrole nitrogens is 1. The Morgan fingerprint density at radius 1 is 1.60 bits per heavy atom. The van der Waals surface area contributed by atoms with Gasteiger partial charge in [-0.25, -0.2) is 4.98 Å². The van der Waals surface area contributed by atoms with Gasteiger partial charge in [0.25, 0.3) is 5.91 Å². The Kier molecular flexibility index (Phi) is 3.14. The molecule has 0 radical (unpaired) electrons. The lowest BCUT2D eigenvalue weighted by molar-refractivity contribution is 0.0954. The van der Waals surface area contributed by atoms with Crippen LogP contribution in [0, 0.1) is 0 Å². The van der Waals surface area contributed by atoms with Gasteiger partial charge in [0.2, 0.25) is 0 Å². The van der Waals surface area contributed by atoms with E-state index in [1.54, 1.807) is 12.4 Å². The number of aromatic nitrogens is 2. The number of thiophene rings is 1. The van der Waals surface area contributed by atoms with Crippen molar-refractivity contribution in [1.29, 1.82) is 0 Å². The predicted octanol–water partition coefficient (Wildman–Crippen LogP) is 1.44. The van der Waals surface area contributed by atoms with Crippen molar-refractivity contribution in [2.24, 2.45) is 0 Å². The Morgan fingerprint density at radius 2 is 2.53 bits per heavy atom. The molecule has 0 atom stereocenters. The normalized spacial score (nSPS) is 10.1. The topological polar surface area (TPSA) is 57.8 Å². The number of nitrogens with zero attached hydrogens (tertiary/aromatic N) is 1. The number of carbonyl (C=O) groups excluding carboxylic acids is 1. The third-order valence-electron chi connectivity index (χ3n) is 1.99. The van der Waals surface area contributed by atoms with Crippen LogP contribution in [0.15, 0.2) is 29.2 Å². The summed E-state index contributed by atoms with van der Waals surface area (Å²) in [5.41, 5.74) is 0.722. The monoisotopic (exact) mass is 221 g/mol. The minimum atomic E-state index is -0.0252. The van der Waals surface area contributed by atoms with E-state index >= 15 is 0 Å². The second-order valence-electron chi connectivity index (χ2n) is 3.05. The van der Waals surface area contributed by atoms with Gasteiger partial charge in [-0.05, 0) is 11.4 Å². The lowest BCUT2D eigenvalue weighted by atomic mass is 10.3. The minimum Gasteiger partial charge on any atom is -0.352 e. The maximum absolute atomic E-state index is 11.5. The second-order valence-corrected chi connectivity index (χ2v) is 3.83. The molecule has 0 aliphatic carbocycles. The number of aromatic amines is 1. The molecule has 2 rings (SSSR count). The van der Waals surface area contributed by atoms with Crippen LogP contribution in [0.3, 0.4) is 0 Å². The molecular weight excluding hydrogens is 210 g/mol. The first-order chi connectivity index (χ1) is 7.36. The third-order valence-corrected chi connectivity index (χ3v) is 2.67. The summed E-state index contributed by atoms with van der Waals surface area (Å²) >= 11 is 1.52. The zero-order chi connectivity index (χ0) is 10.5. The summed E-state index contributed by atoms with van der Waals surface area (Å²) in [4.78, 5) is 18.6. The van der Waals surface area contributed by atoms with Gasteiger partial charge in [-0.3, -0.25) is 4.79 Å². The van der Waals surface area contributed by atoms with Gasteiger partial charge in [-0.2, -0.15) is 11.3 Å². The molecule has 0 saturated heterocycles. The van der Waals surface area contributed by atoms with Gasteiger partial charge in [-0.15, -0.1) is 0 Å². The number of carbonyl (C=O) groups is 1. The van der Waals surface area contributed by atoms with Gasteiger partial charge < -0.3 is 10.3 Å². The van der Waals surface area contributed by atoms with Gasteiger partial charge in [0.15, 0.2) is 0 Å². The van der Waals surface area contributed by atoms with Crippen molar-refractivity contribution in [3.8, 4) is 0 Å². The number of nitrogens with one attached hydrogen (secondary N) is 2. The van der Waals surface area contributed by atoms with Crippen LogP contribution >= 0.6 is 11.3 Å². The molecule has 0 saturated carbocycles. The van der Waals surface area contributed by atoms with Crippen LogP contribution in [-0.4, -0.2) is 22.4 Å². The molecule has 2 N–H and O–H groups in total. The highest BCUT2D eigenvalue weighted by Gasteiger charge is 2.04. The molecule has 1 amide bonds. The first-order valence-corrected chi connectivity index (χ1v) is 5.59. The number of hydrogen-bond acceptors (Lipinski definition) is 3. The molecule has 78 valence electrons. The number of rotatable bonds is 4. The number of imidazole rings is 1. The average Bonchev–Trinajstić information content (AvgIpc) is 2.90. The van der Waals surface area contributed by atoms with Gasteiger partial charge in [0.1, 0.15) is 5.82 Å². The highest BCUT2D eigenvalue weighted by molar-refractivity contribution is 7.08. The maximum Gasteiger partial charge on any atom is 0.252 e. The molecule has 4 nitrogen and oxygen atoms in total. The van der Waals surface area contributed by atoms with E-state index in [0.29, 0.717) is 6.54 Å². The summed E-state index contributed by atoms with van der Waals surface area (Å²) in [5.74, 6) is 0.864. The molecular formula is C10H11N3OS. The largest absolute Gasteiger partial charge is 0.352 e. The Bertz CT molecular complexity index is 408. The van der Waals surface area contributed by atoms with E-state index < -0.39 is 0 Å². The Morgan fingerprint density at radius 3 is 3.20 bits per heavy atom. The predicted molar refractivity (Wildman–Crippen MR) is 58.9 cm³/mol. The SMILES string of the molecule is O=C(NCCc1ncc[nH]1)c1ccsc1. The minimum absolute atomic E-state index is 0.0252. The molecule has 0 fully saturated rings. The summed E-state index contributed by atoms with van der Waals surface area (Å²) < 4.78 is 0. The zero-order valence-corrected chi connectivity index (χ0v) is 8.88. The van der Waals surface area contributed by atoms with Crippen molar-refractivity contribution in [3.05, 3.63) is 40.6 Å². The zero-order valence-electron chi connectivity index (χ0n) is 8.06. The summed E-state index contributed by atoms with van der Waals surface area (Å²) in [7, 11) is 0. The van der Waals surface area contributed by atoms with Crippen molar-refractivity contribution >= 4 is 17.2 Å². The lowest BCUT2D eigenvalue weighted by Crippen LogP contribution is -2.25. The molecule has 0 bridgehead atoms. The van der Waals surface area contributed by atoms with Crippen molar-refractivity contribution in [2.45, 2.75) is 6.42 Å². The van der Waals surface area contributed by atoms with Crippen molar-refractivity contribution in [2.75, 3.05) is 6.54 Å². The molecule has 0 aromatic carbocycles. The third kappa shape index (κ3) is 2.66. The molecule has 2 aromatic rings. The first-order valence-electron chi connectivity index (χ1n) is 4.65. The van der Waals surface area contributed by atoms with E-state index in [0.717, 1.165) is 17.8 Å². The van der Waals surface area contributed by atoms with Gasteiger partial charge in [-0.1, -0.05) is 0 Å². The number of amides is 1. The molecule has 0 unspecified atom stereocenters. The molecule has 0 aliphatic rings.